The Balaban J connectivity index is 1.96. The van der Waals surface area contributed by atoms with Crippen LogP contribution in [0.1, 0.15) is 13.8 Å². The molecule has 14 heavy (non-hydrogen) atoms. The summed E-state index contributed by atoms with van der Waals surface area (Å²) >= 11 is 3.32. The van der Waals surface area contributed by atoms with E-state index < -0.39 is 5.79 Å². The van der Waals surface area contributed by atoms with Gasteiger partial charge in [-0.3, -0.25) is 0 Å². The molecule has 0 N–H and O–H groups in total. The van der Waals surface area contributed by atoms with E-state index in [9.17, 15) is 0 Å². The number of fused-ring (bicyclic) bond motifs is 1. The molecule has 2 atom stereocenters. The molecule has 82 valence electrons. The van der Waals surface area contributed by atoms with Crippen molar-refractivity contribution in [1.82, 2.24) is 0 Å². The second-order valence-corrected chi connectivity index (χ2v) is 4.61. The molecule has 0 amide bonds. The molecule has 0 aromatic carbocycles. The molecule has 0 saturated carbocycles. The van der Waals surface area contributed by atoms with Crippen LogP contribution in [0.4, 0.5) is 0 Å². The lowest BCUT2D eigenvalue weighted by molar-refractivity contribution is -0.187. The van der Waals surface area contributed by atoms with Crippen LogP contribution in [0.15, 0.2) is 0 Å². The number of alkyl halides is 1. The van der Waals surface area contributed by atoms with Crippen LogP contribution >= 0.6 is 15.9 Å². The van der Waals surface area contributed by atoms with Crippen LogP contribution in [0.5, 0.6) is 0 Å². The van der Waals surface area contributed by atoms with Crippen molar-refractivity contribution in [2.75, 3.05) is 18.5 Å². The fourth-order valence-electron chi connectivity index (χ4n) is 1.73. The largest absolute Gasteiger partial charge is 0.349 e. The van der Waals surface area contributed by atoms with Crippen LogP contribution < -0.4 is 0 Å². The molecular weight excluding hydrogens is 252 g/mol. The van der Waals surface area contributed by atoms with Crippen LogP contribution in [-0.4, -0.2) is 42.8 Å². The monoisotopic (exact) mass is 266 g/mol. The van der Waals surface area contributed by atoms with E-state index in [1.165, 1.54) is 0 Å². The maximum Gasteiger partial charge on any atom is 0.167 e. The minimum atomic E-state index is -0.511. The van der Waals surface area contributed by atoms with Gasteiger partial charge in [-0.05, 0) is 13.8 Å². The normalized spacial score (nSPS) is 41.8. The Hall–Kier alpha value is 0.320. The Kier molecular flexibility index (Phi) is 3.14. The Bertz CT molecular complexity index is 191. The Morgan fingerprint density at radius 1 is 1.14 bits per heavy atom. The average molecular weight is 267 g/mol. The molecule has 0 spiro atoms. The van der Waals surface area contributed by atoms with E-state index >= 15 is 0 Å². The highest BCUT2D eigenvalue weighted by Crippen LogP contribution is 2.30. The molecule has 2 unspecified atom stereocenters. The summed E-state index contributed by atoms with van der Waals surface area (Å²) in [6.07, 6.45) is -0.195. The van der Waals surface area contributed by atoms with Gasteiger partial charge in [0.25, 0.3) is 0 Å². The third-order valence-electron chi connectivity index (χ3n) is 2.30. The highest BCUT2D eigenvalue weighted by atomic mass is 79.9. The Morgan fingerprint density at radius 2 is 1.64 bits per heavy atom. The zero-order valence-electron chi connectivity index (χ0n) is 8.36. The number of halogens is 1. The van der Waals surface area contributed by atoms with Gasteiger partial charge in [-0.25, -0.2) is 0 Å². The Morgan fingerprint density at radius 3 is 2.07 bits per heavy atom. The van der Waals surface area contributed by atoms with Crippen LogP contribution in [0.25, 0.3) is 0 Å². The summed E-state index contributed by atoms with van der Waals surface area (Å²) in [6, 6.07) is 0. The van der Waals surface area contributed by atoms with Gasteiger partial charge in [-0.15, -0.1) is 0 Å². The standard InChI is InChI=1S/C9H15BrO4/c1-9(2)13-6-4-11-8(3-10)12-5-7(6)14-9/h6-8H,3-5H2,1-2H3. The van der Waals surface area contributed by atoms with Gasteiger partial charge >= 0.3 is 0 Å². The van der Waals surface area contributed by atoms with Crippen LogP contribution in [0.2, 0.25) is 0 Å². The second kappa shape index (κ2) is 4.06. The highest BCUT2D eigenvalue weighted by Gasteiger charge is 2.43. The molecular formula is C9H15BrO4. The number of hydrogen-bond acceptors (Lipinski definition) is 4. The third kappa shape index (κ3) is 2.28. The first-order valence-electron chi connectivity index (χ1n) is 4.75. The third-order valence-corrected chi connectivity index (χ3v) is 2.83. The van der Waals surface area contributed by atoms with Crippen molar-refractivity contribution in [3.63, 3.8) is 0 Å². The lowest BCUT2D eigenvalue weighted by Gasteiger charge is -2.19. The molecule has 2 aliphatic rings. The molecule has 4 nitrogen and oxygen atoms in total. The maximum atomic E-state index is 5.68. The van der Waals surface area contributed by atoms with Crippen molar-refractivity contribution in [3.8, 4) is 0 Å². The lowest BCUT2D eigenvalue weighted by atomic mass is 10.2. The molecule has 0 aromatic heterocycles. The van der Waals surface area contributed by atoms with E-state index in [2.05, 4.69) is 15.9 Å². The minimum absolute atomic E-state index is 0.00551. The summed E-state index contributed by atoms with van der Waals surface area (Å²) in [5.74, 6) is -0.511. The summed E-state index contributed by atoms with van der Waals surface area (Å²) in [5.41, 5.74) is 0. The molecule has 0 aliphatic carbocycles. The van der Waals surface area contributed by atoms with Gasteiger partial charge in [0.2, 0.25) is 0 Å². The second-order valence-electron chi connectivity index (χ2n) is 3.96. The van der Waals surface area contributed by atoms with Gasteiger partial charge in [0.05, 0.1) is 18.5 Å². The number of hydrogen-bond donors (Lipinski definition) is 0. The molecule has 2 heterocycles. The average Bonchev–Trinajstić information content (AvgIpc) is 2.29. The number of rotatable bonds is 1. The first kappa shape index (κ1) is 10.8. The van der Waals surface area contributed by atoms with Crippen LogP contribution in [0, 0.1) is 0 Å². The molecule has 2 fully saturated rings. The van der Waals surface area contributed by atoms with Gasteiger partial charge in [0.1, 0.15) is 12.2 Å². The first-order valence-corrected chi connectivity index (χ1v) is 5.88. The van der Waals surface area contributed by atoms with Gasteiger partial charge in [-0.2, -0.15) is 0 Å². The molecule has 0 radical (unpaired) electrons. The van der Waals surface area contributed by atoms with Crippen LogP contribution in [0.3, 0.4) is 0 Å². The van der Waals surface area contributed by atoms with Gasteiger partial charge in [0.15, 0.2) is 12.1 Å². The van der Waals surface area contributed by atoms with E-state index in [1.54, 1.807) is 0 Å². The summed E-state index contributed by atoms with van der Waals surface area (Å²) in [6.45, 7) is 4.88. The van der Waals surface area contributed by atoms with E-state index in [0.29, 0.717) is 18.5 Å². The molecule has 2 rings (SSSR count). The Labute approximate surface area is 92.0 Å². The molecule has 5 heteroatoms. The van der Waals surface area contributed by atoms with Gasteiger partial charge in [0, 0.05) is 0 Å². The van der Waals surface area contributed by atoms with Gasteiger partial charge in [-0.1, -0.05) is 15.9 Å². The predicted molar refractivity (Wildman–Crippen MR) is 53.3 cm³/mol. The lowest BCUT2D eigenvalue weighted by Crippen LogP contribution is -2.27. The van der Waals surface area contributed by atoms with Crippen LogP contribution in [-0.2, 0) is 18.9 Å². The predicted octanol–water partition coefficient (Wildman–Crippen LogP) is 1.27. The molecule has 0 bridgehead atoms. The quantitative estimate of drug-likeness (QED) is 0.670. The zero-order chi connectivity index (χ0) is 10.2. The molecule has 2 aliphatic heterocycles. The topological polar surface area (TPSA) is 36.9 Å². The minimum Gasteiger partial charge on any atom is -0.349 e. The summed E-state index contributed by atoms with van der Waals surface area (Å²) in [5, 5.41) is 0.676. The van der Waals surface area contributed by atoms with Crippen molar-refractivity contribution in [2.45, 2.75) is 38.1 Å². The van der Waals surface area contributed by atoms with E-state index in [-0.39, 0.29) is 18.5 Å². The smallest absolute Gasteiger partial charge is 0.167 e. The van der Waals surface area contributed by atoms with Crippen molar-refractivity contribution in [3.05, 3.63) is 0 Å². The summed E-state index contributed by atoms with van der Waals surface area (Å²) < 4.78 is 22.3. The summed E-state index contributed by atoms with van der Waals surface area (Å²) in [4.78, 5) is 0. The van der Waals surface area contributed by atoms with Crippen molar-refractivity contribution in [1.29, 1.82) is 0 Å². The fraction of sp³-hybridized carbons (Fsp3) is 1.00. The van der Waals surface area contributed by atoms with Crippen molar-refractivity contribution >= 4 is 15.9 Å². The zero-order valence-corrected chi connectivity index (χ0v) is 9.95. The van der Waals surface area contributed by atoms with E-state index in [0.717, 1.165) is 0 Å². The summed E-state index contributed by atoms with van der Waals surface area (Å²) in [7, 11) is 0. The highest BCUT2D eigenvalue weighted by molar-refractivity contribution is 9.09. The van der Waals surface area contributed by atoms with E-state index in [4.69, 9.17) is 18.9 Å². The molecule has 2 saturated heterocycles. The van der Waals surface area contributed by atoms with Crippen molar-refractivity contribution in [2.24, 2.45) is 0 Å². The SMILES string of the molecule is CC1(C)OC2COC(CBr)OCC2O1. The van der Waals surface area contributed by atoms with Crippen molar-refractivity contribution < 1.29 is 18.9 Å². The maximum absolute atomic E-state index is 5.68. The fourth-order valence-corrected chi connectivity index (χ4v) is 2.11. The van der Waals surface area contributed by atoms with E-state index in [1.807, 2.05) is 13.8 Å². The first-order chi connectivity index (χ1) is 6.61. The number of ether oxygens (including phenoxy) is 4. The molecule has 0 aromatic rings. The van der Waals surface area contributed by atoms with Gasteiger partial charge < -0.3 is 18.9 Å².